The van der Waals surface area contributed by atoms with Gasteiger partial charge in [-0.05, 0) is 32.1 Å². The van der Waals surface area contributed by atoms with Gasteiger partial charge in [0.05, 0.1) is 0 Å². The van der Waals surface area contributed by atoms with E-state index >= 15 is 0 Å². The van der Waals surface area contributed by atoms with E-state index in [0.29, 0.717) is 12.8 Å². The van der Waals surface area contributed by atoms with Crippen molar-refractivity contribution in [2.45, 2.75) is 62.9 Å². The standard InChI is InChI=1S/C13H23N3O2.ClH/c14-10-5-4-9(8-10)11(17)16-13(12(15)18)6-2-1-3-7-13;/h9-10H,1-8,14H2,(H2,15,18)(H,16,17);1H. The van der Waals surface area contributed by atoms with E-state index in [0.717, 1.165) is 38.5 Å². The first-order valence-electron chi connectivity index (χ1n) is 6.91. The Balaban J connectivity index is 0.00000180. The molecule has 5 nitrogen and oxygen atoms in total. The molecule has 0 heterocycles. The molecule has 2 rings (SSSR count). The number of nitrogens with two attached hydrogens (primary N) is 2. The maximum atomic E-state index is 12.2. The van der Waals surface area contributed by atoms with Crippen molar-refractivity contribution in [3.05, 3.63) is 0 Å². The number of hydrogen-bond acceptors (Lipinski definition) is 3. The summed E-state index contributed by atoms with van der Waals surface area (Å²) in [6, 6.07) is 0.122. The normalized spacial score (nSPS) is 29.3. The zero-order chi connectivity index (χ0) is 13.2. The minimum Gasteiger partial charge on any atom is -0.368 e. The first-order chi connectivity index (χ1) is 8.53. The molecule has 0 aliphatic heterocycles. The lowest BCUT2D eigenvalue weighted by molar-refractivity contribution is -0.135. The molecule has 0 spiro atoms. The van der Waals surface area contributed by atoms with E-state index in [2.05, 4.69) is 5.32 Å². The van der Waals surface area contributed by atoms with Gasteiger partial charge in [-0.3, -0.25) is 9.59 Å². The second kappa shape index (κ2) is 6.57. The van der Waals surface area contributed by atoms with Gasteiger partial charge in [-0.25, -0.2) is 0 Å². The summed E-state index contributed by atoms with van der Waals surface area (Å²) in [7, 11) is 0. The molecule has 0 bridgehead atoms. The minimum atomic E-state index is -0.804. The average molecular weight is 290 g/mol. The number of rotatable bonds is 3. The highest BCUT2D eigenvalue weighted by molar-refractivity contribution is 5.91. The predicted octanol–water partition coefficient (Wildman–Crippen LogP) is 0.840. The van der Waals surface area contributed by atoms with Gasteiger partial charge in [0.15, 0.2) is 0 Å². The summed E-state index contributed by atoms with van der Waals surface area (Å²) in [6.45, 7) is 0. The van der Waals surface area contributed by atoms with E-state index in [-0.39, 0.29) is 30.3 Å². The molecule has 6 heteroatoms. The van der Waals surface area contributed by atoms with Gasteiger partial charge in [-0.1, -0.05) is 19.3 Å². The fraction of sp³-hybridized carbons (Fsp3) is 0.846. The molecule has 2 aliphatic rings. The van der Waals surface area contributed by atoms with E-state index < -0.39 is 11.4 Å². The van der Waals surface area contributed by atoms with Gasteiger partial charge in [0.2, 0.25) is 11.8 Å². The molecule has 2 aliphatic carbocycles. The quantitative estimate of drug-likeness (QED) is 0.718. The van der Waals surface area contributed by atoms with Crippen LogP contribution < -0.4 is 16.8 Å². The fourth-order valence-corrected chi connectivity index (χ4v) is 3.18. The van der Waals surface area contributed by atoms with Gasteiger partial charge in [-0.2, -0.15) is 0 Å². The Morgan fingerprint density at radius 2 is 1.74 bits per heavy atom. The Bertz CT molecular complexity index is 343. The molecule has 0 aromatic carbocycles. The Morgan fingerprint density at radius 1 is 1.11 bits per heavy atom. The van der Waals surface area contributed by atoms with Crippen LogP contribution in [-0.4, -0.2) is 23.4 Å². The molecule has 5 N–H and O–H groups in total. The van der Waals surface area contributed by atoms with Crippen molar-refractivity contribution in [3.8, 4) is 0 Å². The van der Waals surface area contributed by atoms with Crippen molar-refractivity contribution in [1.82, 2.24) is 5.32 Å². The van der Waals surface area contributed by atoms with Crippen LogP contribution in [0.1, 0.15) is 51.4 Å². The molecule has 0 aromatic rings. The molecule has 19 heavy (non-hydrogen) atoms. The molecule has 2 saturated carbocycles. The molecule has 0 saturated heterocycles. The van der Waals surface area contributed by atoms with Crippen molar-refractivity contribution in [2.75, 3.05) is 0 Å². The topological polar surface area (TPSA) is 98.2 Å². The van der Waals surface area contributed by atoms with Crippen LogP contribution in [0.25, 0.3) is 0 Å². The third-order valence-electron chi connectivity index (χ3n) is 4.39. The predicted molar refractivity (Wildman–Crippen MR) is 75.7 cm³/mol. The van der Waals surface area contributed by atoms with E-state index in [4.69, 9.17) is 11.5 Å². The summed E-state index contributed by atoms with van der Waals surface area (Å²) in [6.07, 6.45) is 6.80. The van der Waals surface area contributed by atoms with Crippen LogP contribution in [-0.2, 0) is 9.59 Å². The maximum Gasteiger partial charge on any atom is 0.243 e. The SMILES string of the molecule is Cl.NC(=O)C1(NC(=O)C2CCC(N)C2)CCCCC1. The summed E-state index contributed by atoms with van der Waals surface area (Å²) in [4.78, 5) is 23.9. The number of nitrogens with one attached hydrogen (secondary N) is 1. The molecular formula is C13H24ClN3O2. The zero-order valence-electron chi connectivity index (χ0n) is 11.2. The van der Waals surface area contributed by atoms with Crippen molar-refractivity contribution in [2.24, 2.45) is 17.4 Å². The Kier molecular flexibility index (Phi) is 5.62. The number of hydrogen-bond donors (Lipinski definition) is 3. The van der Waals surface area contributed by atoms with Crippen molar-refractivity contribution in [1.29, 1.82) is 0 Å². The van der Waals surface area contributed by atoms with Crippen LogP contribution in [0.3, 0.4) is 0 Å². The van der Waals surface area contributed by atoms with E-state index in [1.165, 1.54) is 0 Å². The van der Waals surface area contributed by atoms with Crippen LogP contribution in [0.15, 0.2) is 0 Å². The fourth-order valence-electron chi connectivity index (χ4n) is 3.18. The largest absolute Gasteiger partial charge is 0.368 e. The lowest BCUT2D eigenvalue weighted by Crippen LogP contribution is -2.59. The molecule has 0 radical (unpaired) electrons. The highest BCUT2D eigenvalue weighted by Crippen LogP contribution is 2.30. The highest BCUT2D eigenvalue weighted by atomic mass is 35.5. The Labute approximate surface area is 120 Å². The molecule has 2 amide bonds. The summed E-state index contributed by atoms with van der Waals surface area (Å²) < 4.78 is 0. The molecule has 2 unspecified atom stereocenters. The summed E-state index contributed by atoms with van der Waals surface area (Å²) in [5.41, 5.74) is 10.5. The van der Waals surface area contributed by atoms with Gasteiger partial charge in [0, 0.05) is 12.0 Å². The number of halogens is 1. The first-order valence-corrected chi connectivity index (χ1v) is 6.91. The Morgan fingerprint density at radius 3 is 2.21 bits per heavy atom. The first kappa shape index (κ1) is 16.2. The van der Waals surface area contributed by atoms with E-state index in [9.17, 15) is 9.59 Å². The smallest absolute Gasteiger partial charge is 0.243 e. The van der Waals surface area contributed by atoms with Crippen LogP contribution >= 0.6 is 12.4 Å². The van der Waals surface area contributed by atoms with Crippen LogP contribution in [0, 0.1) is 5.92 Å². The number of carbonyl (C=O) groups excluding carboxylic acids is 2. The summed E-state index contributed by atoms with van der Waals surface area (Å²) >= 11 is 0. The number of carbonyl (C=O) groups is 2. The van der Waals surface area contributed by atoms with Gasteiger partial charge >= 0.3 is 0 Å². The average Bonchev–Trinajstić information content (AvgIpc) is 2.77. The highest BCUT2D eigenvalue weighted by Gasteiger charge is 2.41. The maximum absolute atomic E-state index is 12.2. The van der Waals surface area contributed by atoms with Crippen molar-refractivity contribution >= 4 is 24.2 Å². The van der Waals surface area contributed by atoms with E-state index in [1.54, 1.807) is 0 Å². The molecule has 2 atom stereocenters. The van der Waals surface area contributed by atoms with Gasteiger partial charge in [0.1, 0.15) is 5.54 Å². The minimum absolute atomic E-state index is 0. The Hall–Kier alpha value is -0.810. The van der Waals surface area contributed by atoms with Crippen LogP contribution in [0.4, 0.5) is 0 Å². The molecule has 0 aromatic heterocycles. The van der Waals surface area contributed by atoms with Crippen LogP contribution in [0.2, 0.25) is 0 Å². The monoisotopic (exact) mass is 289 g/mol. The van der Waals surface area contributed by atoms with Crippen molar-refractivity contribution in [3.63, 3.8) is 0 Å². The van der Waals surface area contributed by atoms with Gasteiger partial charge in [-0.15, -0.1) is 12.4 Å². The number of primary amides is 1. The zero-order valence-corrected chi connectivity index (χ0v) is 12.0. The second-order valence-electron chi connectivity index (χ2n) is 5.77. The summed E-state index contributed by atoms with van der Waals surface area (Å²) in [5.74, 6) is -0.473. The van der Waals surface area contributed by atoms with Gasteiger partial charge in [0.25, 0.3) is 0 Å². The van der Waals surface area contributed by atoms with E-state index in [1.807, 2.05) is 0 Å². The lowest BCUT2D eigenvalue weighted by Gasteiger charge is -2.35. The molecular weight excluding hydrogens is 266 g/mol. The molecule has 2 fully saturated rings. The van der Waals surface area contributed by atoms with Gasteiger partial charge < -0.3 is 16.8 Å². The second-order valence-corrected chi connectivity index (χ2v) is 5.77. The third kappa shape index (κ3) is 3.60. The summed E-state index contributed by atoms with van der Waals surface area (Å²) in [5, 5.41) is 2.93. The van der Waals surface area contributed by atoms with Crippen molar-refractivity contribution < 1.29 is 9.59 Å². The van der Waals surface area contributed by atoms with Crippen LogP contribution in [0.5, 0.6) is 0 Å². The molecule has 110 valence electrons. The third-order valence-corrected chi connectivity index (χ3v) is 4.39. The lowest BCUT2D eigenvalue weighted by atomic mass is 9.80. The number of amides is 2.